The third kappa shape index (κ3) is 11.5. The van der Waals surface area contributed by atoms with E-state index in [2.05, 4.69) is 26.6 Å². The summed E-state index contributed by atoms with van der Waals surface area (Å²) in [5.74, 6) is -1.57. The summed E-state index contributed by atoms with van der Waals surface area (Å²) >= 11 is 1.97. The van der Waals surface area contributed by atoms with Gasteiger partial charge in [-0.1, -0.05) is 57.2 Å². The van der Waals surface area contributed by atoms with E-state index in [-0.39, 0.29) is 41.4 Å². The van der Waals surface area contributed by atoms with Gasteiger partial charge >= 0.3 is 0 Å². The third-order valence-corrected chi connectivity index (χ3v) is 6.60. The van der Waals surface area contributed by atoms with Gasteiger partial charge in [0.15, 0.2) is 0 Å². The highest BCUT2D eigenvalue weighted by atomic mass is 127. The van der Waals surface area contributed by atoms with Crippen molar-refractivity contribution in [2.24, 2.45) is 17.8 Å². The third-order valence-electron chi connectivity index (χ3n) is 5.90. The molecule has 0 radical (unpaired) electrons. The minimum Gasteiger partial charge on any atom is -0.354 e. The van der Waals surface area contributed by atoms with Crippen LogP contribution in [0.5, 0.6) is 0 Å². The molecule has 10 nitrogen and oxygen atoms in total. The molecule has 0 saturated heterocycles. The monoisotopic (exact) mass is 629 g/mol. The van der Waals surface area contributed by atoms with E-state index < -0.39 is 18.0 Å². The molecule has 0 bridgehead atoms. The zero-order valence-corrected chi connectivity index (χ0v) is 24.6. The first-order chi connectivity index (χ1) is 17.4. The smallest absolute Gasteiger partial charge is 0.251 e. The summed E-state index contributed by atoms with van der Waals surface area (Å²) in [6.45, 7) is 11.6. The van der Waals surface area contributed by atoms with Gasteiger partial charge in [-0.2, -0.15) is 0 Å². The van der Waals surface area contributed by atoms with Crippen LogP contribution in [-0.2, 0) is 19.2 Å². The molecule has 1 aromatic rings. The van der Waals surface area contributed by atoms with Crippen LogP contribution in [0, 0.1) is 17.8 Å². The lowest BCUT2D eigenvalue weighted by atomic mass is 9.97. The van der Waals surface area contributed by atoms with Gasteiger partial charge in [0.1, 0.15) is 12.1 Å². The van der Waals surface area contributed by atoms with Gasteiger partial charge in [-0.25, -0.2) is 0 Å². The molecule has 0 aliphatic carbocycles. The first kappa shape index (κ1) is 32.3. The molecule has 0 aromatic heterocycles. The van der Waals surface area contributed by atoms with E-state index in [4.69, 9.17) is 0 Å². The zero-order valence-electron chi connectivity index (χ0n) is 22.4. The molecule has 0 spiro atoms. The molecule has 1 unspecified atom stereocenters. The van der Waals surface area contributed by atoms with E-state index in [1.165, 1.54) is 0 Å². The highest BCUT2D eigenvalue weighted by Gasteiger charge is 2.27. The van der Waals surface area contributed by atoms with E-state index in [0.717, 1.165) is 0 Å². The normalized spacial score (nSPS) is 13.3. The molecule has 1 rings (SSSR count). The van der Waals surface area contributed by atoms with Gasteiger partial charge in [-0.05, 0) is 49.4 Å². The highest BCUT2D eigenvalue weighted by Crippen LogP contribution is 2.11. The number of nitrogens with one attached hydrogen (secondary N) is 5. The molecule has 1 aromatic carbocycles. The quantitative estimate of drug-likeness (QED) is 0.122. The van der Waals surface area contributed by atoms with Crippen molar-refractivity contribution in [3.05, 3.63) is 29.8 Å². The summed E-state index contributed by atoms with van der Waals surface area (Å²) < 4.78 is 0.343. The van der Waals surface area contributed by atoms with Gasteiger partial charge in [-0.3, -0.25) is 24.0 Å². The van der Waals surface area contributed by atoms with Gasteiger partial charge in [0.25, 0.3) is 5.91 Å². The van der Waals surface area contributed by atoms with Crippen molar-refractivity contribution >= 4 is 57.8 Å². The number of carbonyl (C=O) groups is 5. The summed E-state index contributed by atoms with van der Waals surface area (Å²) in [4.78, 5) is 61.2. The SMILES string of the molecule is CC(C)C(C)C(=O)N[C@H](C)C(=O)N[C@@H](C(=O)NCCCNC(=O)c1ccc(NC(=O)CI)cc1)C(C)C. The number of rotatable bonds is 14. The van der Waals surface area contributed by atoms with Crippen molar-refractivity contribution in [1.29, 1.82) is 0 Å². The fourth-order valence-corrected chi connectivity index (χ4v) is 3.33. The predicted octanol–water partition coefficient (Wildman–Crippen LogP) is 2.23. The van der Waals surface area contributed by atoms with Crippen molar-refractivity contribution in [3.63, 3.8) is 0 Å². The fourth-order valence-electron chi connectivity index (χ4n) is 3.14. The molecule has 5 amide bonds. The van der Waals surface area contributed by atoms with Gasteiger partial charge in [-0.15, -0.1) is 0 Å². The summed E-state index contributed by atoms with van der Waals surface area (Å²) in [5.41, 5.74) is 1.08. The Hall–Kier alpha value is -2.70. The fraction of sp³-hybridized carbons (Fsp3) is 0.577. The van der Waals surface area contributed by atoms with Crippen molar-refractivity contribution in [1.82, 2.24) is 21.3 Å². The molecule has 11 heteroatoms. The first-order valence-corrected chi connectivity index (χ1v) is 14.0. The summed E-state index contributed by atoms with van der Waals surface area (Å²) in [7, 11) is 0. The molecule has 0 aliphatic rings. The summed E-state index contributed by atoms with van der Waals surface area (Å²) in [6, 6.07) is 5.06. The van der Waals surface area contributed by atoms with Crippen LogP contribution < -0.4 is 26.6 Å². The zero-order chi connectivity index (χ0) is 28.1. The Morgan fingerprint density at radius 3 is 1.89 bits per heavy atom. The molecule has 0 fully saturated rings. The van der Waals surface area contributed by atoms with Crippen LogP contribution in [0.2, 0.25) is 0 Å². The molecule has 0 aliphatic heterocycles. The van der Waals surface area contributed by atoms with Gasteiger partial charge in [0.2, 0.25) is 23.6 Å². The van der Waals surface area contributed by atoms with Crippen LogP contribution in [0.1, 0.15) is 58.3 Å². The largest absolute Gasteiger partial charge is 0.354 e. The minimum atomic E-state index is -0.769. The predicted molar refractivity (Wildman–Crippen MR) is 152 cm³/mol. The molecule has 37 heavy (non-hydrogen) atoms. The Morgan fingerprint density at radius 2 is 1.35 bits per heavy atom. The van der Waals surface area contributed by atoms with E-state index in [1.807, 2.05) is 57.2 Å². The molecule has 3 atom stereocenters. The number of benzene rings is 1. The molecule has 5 N–H and O–H groups in total. The maximum Gasteiger partial charge on any atom is 0.251 e. The molecular formula is C26H40IN5O5. The van der Waals surface area contributed by atoms with Crippen molar-refractivity contribution in [2.75, 3.05) is 22.8 Å². The number of amides is 5. The summed E-state index contributed by atoms with van der Waals surface area (Å²) in [6.07, 6.45) is 0.500. The maximum atomic E-state index is 12.7. The lowest BCUT2D eigenvalue weighted by Gasteiger charge is -2.25. The average Bonchev–Trinajstić information content (AvgIpc) is 2.85. The Kier molecular flexibility index (Phi) is 14.2. The van der Waals surface area contributed by atoms with E-state index in [9.17, 15) is 24.0 Å². The van der Waals surface area contributed by atoms with Crippen LogP contribution in [0.15, 0.2) is 24.3 Å². The number of halogens is 1. The Labute approximate surface area is 233 Å². The Balaban J connectivity index is 2.46. The second-order valence-electron chi connectivity index (χ2n) is 9.65. The van der Waals surface area contributed by atoms with Crippen LogP contribution in [-0.4, -0.2) is 59.1 Å². The van der Waals surface area contributed by atoms with Crippen LogP contribution in [0.3, 0.4) is 0 Å². The average molecular weight is 630 g/mol. The number of hydrogen-bond donors (Lipinski definition) is 5. The number of hydrogen-bond acceptors (Lipinski definition) is 5. The van der Waals surface area contributed by atoms with Crippen molar-refractivity contribution in [3.8, 4) is 0 Å². The lowest BCUT2D eigenvalue weighted by Crippen LogP contribution is -2.55. The number of anilines is 1. The van der Waals surface area contributed by atoms with Crippen LogP contribution in [0.4, 0.5) is 5.69 Å². The van der Waals surface area contributed by atoms with E-state index >= 15 is 0 Å². The summed E-state index contributed by atoms with van der Waals surface area (Å²) in [5, 5.41) is 13.7. The lowest BCUT2D eigenvalue weighted by molar-refractivity contribution is -0.133. The molecular weight excluding hydrogens is 589 g/mol. The van der Waals surface area contributed by atoms with Crippen molar-refractivity contribution in [2.45, 2.75) is 60.0 Å². The Bertz CT molecular complexity index is 936. The van der Waals surface area contributed by atoms with Crippen molar-refractivity contribution < 1.29 is 24.0 Å². The topological polar surface area (TPSA) is 146 Å². The maximum absolute atomic E-state index is 12.7. The second kappa shape index (κ2) is 16.2. The first-order valence-electron chi connectivity index (χ1n) is 12.5. The number of carbonyl (C=O) groups excluding carboxylic acids is 5. The minimum absolute atomic E-state index is 0.114. The highest BCUT2D eigenvalue weighted by molar-refractivity contribution is 14.1. The van der Waals surface area contributed by atoms with Crippen LogP contribution in [0.25, 0.3) is 0 Å². The van der Waals surface area contributed by atoms with E-state index in [1.54, 1.807) is 31.2 Å². The van der Waals surface area contributed by atoms with Gasteiger partial charge in [0, 0.05) is 30.3 Å². The van der Waals surface area contributed by atoms with Gasteiger partial charge in [0.05, 0.1) is 4.43 Å². The molecule has 0 saturated carbocycles. The standard InChI is InChI=1S/C26H40IN5O5/c1-15(2)17(5)23(34)30-18(6)24(35)32-22(16(3)4)26(37)29-13-7-12-28-25(36)19-8-10-20(11-9-19)31-21(33)14-27/h8-11,15-18,22H,7,12-14H2,1-6H3,(H,28,36)(H,29,37)(H,30,34)(H,31,33)(H,32,35)/t17?,18-,22-/m1/s1. The molecule has 206 valence electrons. The Morgan fingerprint density at radius 1 is 0.757 bits per heavy atom. The van der Waals surface area contributed by atoms with Crippen LogP contribution >= 0.6 is 22.6 Å². The van der Waals surface area contributed by atoms with E-state index in [0.29, 0.717) is 35.2 Å². The molecule has 0 heterocycles. The van der Waals surface area contributed by atoms with Gasteiger partial charge < -0.3 is 26.6 Å². The second-order valence-corrected chi connectivity index (χ2v) is 10.4. The number of alkyl halides is 1.